The van der Waals surface area contributed by atoms with Gasteiger partial charge in [0.15, 0.2) is 0 Å². The Labute approximate surface area is 84.0 Å². The van der Waals surface area contributed by atoms with Crippen LogP contribution in [0.2, 0.25) is 0 Å². The summed E-state index contributed by atoms with van der Waals surface area (Å²) < 4.78 is 10.1. The molecule has 1 aromatic rings. The Hall–Kier alpha value is -0.700. The first-order valence-corrected chi connectivity index (χ1v) is 5.22. The molecule has 0 amide bonds. The fourth-order valence-corrected chi connectivity index (χ4v) is 1.53. The lowest BCUT2D eigenvalue weighted by atomic mass is 10.2. The van der Waals surface area contributed by atoms with E-state index in [2.05, 4.69) is 0 Å². The topological polar surface area (TPSA) is 38.7 Å². The first-order chi connectivity index (χ1) is 6.24. The van der Waals surface area contributed by atoms with Gasteiger partial charge in [-0.3, -0.25) is 4.70 Å². The summed E-state index contributed by atoms with van der Waals surface area (Å²) in [4.78, 5) is 9.25. The third-order valence-corrected chi connectivity index (χ3v) is 2.34. The van der Waals surface area contributed by atoms with Crippen LogP contribution in [0.4, 0.5) is 4.70 Å². The number of rotatable bonds is 4. The first kappa shape index (κ1) is 13.3. The van der Waals surface area contributed by atoms with Gasteiger partial charge in [0.25, 0.3) is 0 Å². The van der Waals surface area contributed by atoms with Gasteiger partial charge in [-0.25, -0.2) is 0 Å². The molecule has 1 rings (SSSR count). The summed E-state index contributed by atoms with van der Waals surface area (Å²) in [6, 6.07) is 7.50. The molecule has 0 aromatic heterocycles. The van der Waals surface area contributed by atoms with Crippen molar-refractivity contribution in [3.05, 3.63) is 29.8 Å². The highest BCUT2D eigenvalue weighted by molar-refractivity contribution is 7.41. The van der Waals surface area contributed by atoms with Gasteiger partial charge in [0.05, 0.1) is 6.61 Å². The average molecular weight is 220 g/mol. The van der Waals surface area contributed by atoms with E-state index in [1.54, 1.807) is 6.07 Å². The largest absolute Gasteiger partial charge is 0.427 e. The molecule has 1 atom stereocenters. The molecule has 0 saturated heterocycles. The van der Waals surface area contributed by atoms with Crippen molar-refractivity contribution in [2.45, 2.75) is 13.8 Å². The summed E-state index contributed by atoms with van der Waals surface area (Å²) in [5.74, 6) is 0.671. The molecule has 0 bridgehead atoms. The molecule has 1 aromatic carbocycles. The molecule has 1 N–H and O–H groups in total. The molecule has 5 heteroatoms. The second kappa shape index (κ2) is 6.71. The summed E-state index contributed by atoms with van der Waals surface area (Å²) >= 11 is 0. The van der Waals surface area contributed by atoms with Crippen LogP contribution in [0.25, 0.3) is 0 Å². The maximum atomic E-state index is 9.25. The second-order valence-electron chi connectivity index (χ2n) is 2.51. The molecule has 1 unspecified atom stereocenters. The first-order valence-electron chi connectivity index (χ1n) is 4.09. The Kier molecular flexibility index (Phi) is 6.37. The molecule has 0 aliphatic carbocycles. The minimum Gasteiger partial charge on any atom is -0.427 e. The van der Waals surface area contributed by atoms with E-state index in [0.29, 0.717) is 12.4 Å². The fraction of sp³-hybridized carbons (Fsp3) is 0.333. The smallest absolute Gasteiger partial charge is 0.394 e. The van der Waals surface area contributed by atoms with Gasteiger partial charge in [0.2, 0.25) is 0 Å². The van der Waals surface area contributed by atoms with E-state index in [1.807, 2.05) is 32.0 Å². The quantitative estimate of drug-likeness (QED) is 0.793. The van der Waals surface area contributed by atoms with Crippen molar-refractivity contribution in [1.82, 2.24) is 0 Å². The van der Waals surface area contributed by atoms with Gasteiger partial charge < -0.3 is 13.9 Å². The van der Waals surface area contributed by atoms with E-state index < -0.39 is 8.60 Å². The molecule has 0 heterocycles. The van der Waals surface area contributed by atoms with Crippen LogP contribution < -0.4 is 4.52 Å². The minimum atomic E-state index is -1.77. The number of aryl methyl sites for hydroxylation is 1. The van der Waals surface area contributed by atoms with Gasteiger partial charge in [-0.15, -0.1) is 0 Å². The van der Waals surface area contributed by atoms with Gasteiger partial charge >= 0.3 is 8.60 Å². The van der Waals surface area contributed by atoms with Gasteiger partial charge in [0.1, 0.15) is 5.75 Å². The van der Waals surface area contributed by atoms with Crippen LogP contribution in [0, 0.1) is 6.92 Å². The third kappa shape index (κ3) is 4.01. The number of benzene rings is 1. The molecule has 80 valence electrons. The SMILES string of the molecule is CCOP(O)Oc1ccccc1C.F. The van der Waals surface area contributed by atoms with Crippen LogP contribution in [0.1, 0.15) is 12.5 Å². The van der Waals surface area contributed by atoms with Crippen LogP contribution in [-0.4, -0.2) is 11.5 Å². The predicted octanol–water partition coefficient (Wildman–Crippen LogP) is 2.78. The van der Waals surface area contributed by atoms with E-state index in [9.17, 15) is 4.89 Å². The molecule has 0 radical (unpaired) electrons. The van der Waals surface area contributed by atoms with Crippen LogP contribution in [0.3, 0.4) is 0 Å². The van der Waals surface area contributed by atoms with Crippen molar-refractivity contribution in [2.75, 3.05) is 6.61 Å². The number of hydrogen-bond donors (Lipinski definition) is 1. The monoisotopic (exact) mass is 220 g/mol. The lowest BCUT2D eigenvalue weighted by molar-refractivity contribution is 0.274. The van der Waals surface area contributed by atoms with Crippen LogP contribution >= 0.6 is 8.60 Å². The highest BCUT2D eigenvalue weighted by Crippen LogP contribution is 2.35. The molecular formula is C9H14FO3P. The zero-order chi connectivity index (χ0) is 9.68. The highest BCUT2D eigenvalue weighted by atomic mass is 31.2. The van der Waals surface area contributed by atoms with Gasteiger partial charge in [0, 0.05) is 0 Å². The summed E-state index contributed by atoms with van der Waals surface area (Å²) in [6.45, 7) is 4.19. The zero-order valence-electron chi connectivity index (χ0n) is 8.14. The lowest BCUT2D eigenvalue weighted by Gasteiger charge is -2.11. The molecule has 0 spiro atoms. The van der Waals surface area contributed by atoms with Crippen LogP contribution in [0.15, 0.2) is 24.3 Å². The van der Waals surface area contributed by atoms with E-state index in [0.717, 1.165) is 5.56 Å². The summed E-state index contributed by atoms with van der Waals surface area (Å²) in [5.41, 5.74) is 0.990. The van der Waals surface area contributed by atoms with Crippen LogP contribution in [0.5, 0.6) is 5.75 Å². The fourth-order valence-electron chi connectivity index (χ4n) is 0.880. The number of hydrogen-bond acceptors (Lipinski definition) is 3. The van der Waals surface area contributed by atoms with E-state index in [4.69, 9.17) is 9.05 Å². The molecule has 0 aliphatic heterocycles. The Morgan fingerprint density at radius 3 is 2.57 bits per heavy atom. The highest BCUT2D eigenvalue weighted by Gasteiger charge is 2.08. The van der Waals surface area contributed by atoms with E-state index in [1.165, 1.54) is 0 Å². The Bertz CT molecular complexity index is 270. The van der Waals surface area contributed by atoms with Crippen molar-refractivity contribution in [3.63, 3.8) is 0 Å². The number of para-hydroxylation sites is 1. The maximum Gasteiger partial charge on any atom is 0.394 e. The van der Waals surface area contributed by atoms with Gasteiger partial charge in [-0.2, -0.15) is 0 Å². The standard InChI is InChI=1S/C9H13O3P.FH/c1-3-11-13(10)12-9-7-5-4-6-8(9)2;/h4-7,10H,3H2,1-2H3;1H. The van der Waals surface area contributed by atoms with Crippen molar-refractivity contribution >= 4 is 8.60 Å². The van der Waals surface area contributed by atoms with Crippen molar-refractivity contribution in [3.8, 4) is 5.75 Å². The summed E-state index contributed by atoms with van der Waals surface area (Å²) in [7, 11) is -1.77. The van der Waals surface area contributed by atoms with E-state index in [-0.39, 0.29) is 4.70 Å². The average Bonchev–Trinajstić information content (AvgIpc) is 2.09. The summed E-state index contributed by atoms with van der Waals surface area (Å²) in [6.07, 6.45) is 0. The van der Waals surface area contributed by atoms with Gasteiger partial charge in [-0.05, 0) is 25.5 Å². The Balaban J connectivity index is 0.00000169. The van der Waals surface area contributed by atoms with Crippen molar-refractivity contribution in [2.24, 2.45) is 0 Å². The maximum absolute atomic E-state index is 9.25. The second-order valence-corrected chi connectivity index (χ2v) is 3.43. The molecule has 0 aliphatic rings. The normalized spacial score (nSPS) is 11.6. The third-order valence-electron chi connectivity index (χ3n) is 1.51. The molecule has 14 heavy (non-hydrogen) atoms. The molecule has 3 nitrogen and oxygen atoms in total. The molecular weight excluding hydrogens is 206 g/mol. The zero-order valence-corrected chi connectivity index (χ0v) is 9.03. The Morgan fingerprint density at radius 2 is 2.00 bits per heavy atom. The Morgan fingerprint density at radius 1 is 1.36 bits per heavy atom. The number of halogens is 1. The van der Waals surface area contributed by atoms with E-state index >= 15 is 0 Å². The minimum absolute atomic E-state index is 0. The van der Waals surface area contributed by atoms with Crippen molar-refractivity contribution < 1.29 is 18.6 Å². The predicted molar refractivity (Wildman–Crippen MR) is 55.1 cm³/mol. The molecule has 0 fully saturated rings. The van der Waals surface area contributed by atoms with Crippen molar-refractivity contribution in [1.29, 1.82) is 0 Å². The summed E-state index contributed by atoms with van der Waals surface area (Å²) in [5, 5.41) is 0. The van der Waals surface area contributed by atoms with Crippen LogP contribution in [-0.2, 0) is 4.52 Å². The molecule has 0 saturated carbocycles. The lowest BCUT2D eigenvalue weighted by Crippen LogP contribution is -1.92. The van der Waals surface area contributed by atoms with Gasteiger partial charge in [-0.1, -0.05) is 18.2 Å².